The van der Waals surface area contributed by atoms with Crippen molar-refractivity contribution in [2.24, 2.45) is 0 Å². The van der Waals surface area contributed by atoms with Gasteiger partial charge in [-0.1, -0.05) is 23.2 Å². The predicted molar refractivity (Wildman–Crippen MR) is 77.4 cm³/mol. The molecule has 2 aromatic rings. The first-order valence-corrected chi connectivity index (χ1v) is 6.80. The van der Waals surface area contributed by atoms with E-state index in [1.54, 1.807) is 40.8 Å². The van der Waals surface area contributed by atoms with E-state index in [1.807, 2.05) is 0 Å². The molecule has 0 aliphatic carbocycles. The van der Waals surface area contributed by atoms with Gasteiger partial charge in [0.25, 0.3) is 0 Å². The summed E-state index contributed by atoms with van der Waals surface area (Å²) in [6.45, 7) is 0. The molecule has 1 aromatic carbocycles. The van der Waals surface area contributed by atoms with Gasteiger partial charge in [-0.2, -0.15) is 13.2 Å². The molecular weight excluding hydrogens is 413 g/mol. The van der Waals surface area contributed by atoms with Gasteiger partial charge in [-0.3, -0.25) is 4.98 Å². The van der Waals surface area contributed by atoms with Gasteiger partial charge < -0.3 is 0 Å². The fraction of sp³-hybridized carbons (Fsp3) is 0.0833. The Morgan fingerprint density at radius 2 is 1.79 bits per heavy atom. The second-order valence-electron chi connectivity index (χ2n) is 3.68. The lowest BCUT2D eigenvalue weighted by Crippen LogP contribution is -2.06. The van der Waals surface area contributed by atoms with Crippen LogP contribution in [0, 0.1) is 3.57 Å². The Morgan fingerprint density at radius 1 is 1.11 bits per heavy atom. The number of pyridine rings is 1. The minimum absolute atomic E-state index is 0.358. The zero-order valence-electron chi connectivity index (χ0n) is 9.10. The third-order valence-corrected chi connectivity index (χ3v) is 3.74. The highest BCUT2D eigenvalue weighted by Crippen LogP contribution is 2.35. The Bertz CT molecular complexity index is 629. The molecular formula is C12H5Cl2F3IN. The molecule has 1 nitrogen and oxygen atoms in total. The quantitative estimate of drug-likeness (QED) is 0.544. The first-order valence-electron chi connectivity index (χ1n) is 4.97. The van der Waals surface area contributed by atoms with Gasteiger partial charge in [-0.15, -0.1) is 0 Å². The number of nitrogens with zero attached hydrogens (tertiary/aromatic N) is 1. The molecule has 19 heavy (non-hydrogen) atoms. The summed E-state index contributed by atoms with van der Waals surface area (Å²) >= 11 is 13.7. The highest BCUT2D eigenvalue weighted by atomic mass is 127. The van der Waals surface area contributed by atoms with Crippen molar-refractivity contribution < 1.29 is 13.2 Å². The van der Waals surface area contributed by atoms with Crippen LogP contribution in [0.3, 0.4) is 0 Å². The predicted octanol–water partition coefficient (Wildman–Crippen LogP) is 5.68. The molecule has 0 bridgehead atoms. The Labute approximate surface area is 130 Å². The van der Waals surface area contributed by atoms with Gasteiger partial charge in [-0.25, -0.2) is 0 Å². The average molecular weight is 418 g/mol. The van der Waals surface area contributed by atoms with Crippen molar-refractivity contribution in [3.8, 4) is 11.3 Å². The summed E-state index contributed by atoms with van der Waals surface area (Å²) in [6, 6.07) is 5.78. The summed E-state index contributed by atoms with van der Waals surface area (Å²) in [5, 5.41) is 0.825. The Kier molecular flexibility index (Phi) is 4.27. The van der Waals surface area contributed by atoms with Crippen LogP contribution in [0.4, 0.5) is 13.2 Å². The highest BCUT2D eigenvalue weighted by Gasteiger charge is 2.31. The molecule has 0 saturated heterocycles. The molecule has 0 fully saturated rings. The van der Waals surface area contributed by atoms with Crippen LogP contribution in [0.15, 0.2) is 30.5 Å². The van der Waals surface area contributed by atoms with E-state index in [9.17, 15) is 13.2 Å². The van der Waals surface area contributed by atoms with Crippen molar-refractivity contribution in [3.63, 3.8) is 0 Å². The van der Waals surface area contributed by atoms with Crippen LogP contribution in [0.25, 0.3) is 11.3 Å². The number of alkyl halides is 3. The monoisotopic (exact) mass is 417 g/mol. The number of hydrogen-bond donors (Lipinski definition) is 0. The Balaban J connectivity index is 2.55. The van der Waals surface area contributed by atoms with Gasteiger partial charge in [0.1, 0.15) is 0 Å². The van der Waals surface area contributed by atoms with E-state index in [4.69, 9.17) is 23.2 Å². The molecule has 0 radical (unpaired) electrons. The van der Waals surface area contributed by atoms with E-state index in [0.29, 0.717) is 24.9 Å². The van der Waals surface area contributed by atoms with Gasteiger partial charge >= 0.3 is 6.18 Å². The Hall–Kier alpha value is -0.530. The minimum atomic E-state index is -4.41. The van der Waals surface area contributed by atoms with Gasteiger partial charge in [0, 0.05) is 20.4 Å². The molecule has 0 N–H and O–H groups in total. The van der Waals surface area contributed by atoms with Gasteiger partial charge in [0.05, 0.1) is 16.3 Å². The van der Waals surface area contributed by atoms with Crippen molar-refractivity contribution in [3.05, 3.63) is 49.6 Å². The van der Waals surface area contributed by atoms with Crippen LogP contribution in [0.1, 0.15) is 5.56 Å². The van der Waals surface area contributed by atoms with Crippen LogP contribution in [0.5, 0.6) is 0 Å². The van der Waals surface area contributed by atoms with Gasteiger partial charge in [-0.05, 0) is 46.9 Å². The molecule has 100 valence electrons. The molecule has 0 aliphatic rings. The largest absolute Gasteiger partial charge is 0.417 e. The van der Waals surface area contributed by atoms with Crippen LogP contribution < -0.4 is 0 Å². The lowest BCUT2D eigenvalue weighted by atomic mass is 10.1. The maximum absolute atomic E-state index is 12.6. The summed E-state index contributed by atoms with van der Waals surface area (Å²) in [5.74, 6) is 0. The molecule has 0 spiro atoms. The number of aromatic nitrogens is 1. The van der Waals surface area contributed by atoms with Crippen molar-refractivity contribution in [1.82, 2.24) is 4.98 Å². The van der Waals surface area contributed by atoms with Crippen LogP contribution in [-0.2, 0) is 6.18 Å². The SMILES string of the molecule is FC(F)(F)c1cnc(-c2cc(Cl)ccc2Cl)c(I)c1. The molecule has 1 heterocycles. The van der Waals surface area contributed by atoms with Gasteiger partial charge in [0.2, 0.25) is 0 Å². The van der Waals surface area contributed by atoms with E-state index in [1.165, 1.54) is 0 Å². The van der Waals surface area contributed by atoms with Crippen molar-refractivity contribution in [2.45, 2.75) is 6.18 Å². The fourth-order valence-electron chi connectivity index (χ4n) is 1.47. The van der Waals surface area contributed by atoms with E-state index < -0.39 is 11.7 Å². The zero-order chi connectivity index (χ0) is 14.2. The van der Waals surface area contributed by atoms with Crippen molar-refractivity contribution in [1.29, 1.82) is 0 Å². The number of hydrogen-bond acceptors (Lipinski definition) is 1. The lowest BCUT2D eigenvalue weighted by Gasteiger charge is -2.10. The number of halogens is 6. The highest BCUT2D eigenvalue weighted by molar-refractivity contribution is 14.1. The minimum Gasteiger partial charge on any atom is -0.254 e. The van der Waals surface area contributed by atoms with E-state index >= 15 is 0 Å². The zero-order valence-corrected chi connectivity index (χ0v) is 12.8. The number of benzene rings is 1. The topological polar surface area (TPSA) is 12.9 Å². The third kappa shape index (κ3) is 3.32. The Morgan fingerprint density at radius 3 is 2.37 bits per heavy atom. The van der Waals surface area contributed by atoms with Crippen LogP contribution in [0.2, 0.25) is 10.0 Å². The summed E-state index contributed by atoms with van der Waals surface area (Å²) in [7, 11) is 0. The molecule has 7 heteroatoms. The number of rotatable bonds is 1. The van der Waals surface area contributed by atoms with Crippen LogP contribution in [-0.4, -0.2) is 4.98 Å². The lowest BCUT2D eigenvalue weighted by molar-refractivity contribution is -0.137. The fourth-order valence-corrected chi connectivity index (χ4v) is 2.61. The van der Waals surface area contributed by atoms with Gasteiger partial charge in [0.15, 0.2) is 0 Å². The maximum atomic E-state index is 12.6. The molecule has 0 unspecified atom stereocenters. The van der Waals surface area contributed by atoms with E-state index in [2.05, 4.69) is 4.98 Å². The molecule has 1 aromatic heterocycles. The summed E-state index contributed by atoms with van der Waals surface area (Å²) in [4.78, 5) is 3.85. The summed E-state index contributed by atoms with van der Waals surface area (Å²) in [5.41, 5.74) is 0.0900. The summed E-state index contributed by atoms with van der Waals surface area (Å²) in [6.07, 6.45) is -3.63. The molecule has 0 atom stereocenters. The average Bonchev–Trinajstić information content (AvgIpc) is 2.31. The first-order chi connectivity index (χ1) is 8.79. The maximum Gasteiger partial charge on any atom is 0.417 e. The van der Waals surface area contributed by atoms with Crippen molar-refractivity contribution in [2.75, 3.05) is 0 Å². The summed E-state index contributed by atoms with van der Waals surface area (Å²) < 4.78 is 38.0. The molecule has 2 rings (SSSR count). The van der Waals surface area contributed by atoms with Crippen molar-refractivity contribution >= 4 is 45.8 Å². The standard InChI is InChI=1S/C12H5Cl2F3IN/c13-7-1-2-9(14)8(4-7)11-10(18)3-6(5-19-11)12(15,16)17/h1-5H. The molecule has 0 amide bonds. The normalized spacial score (nSPS) is 11.7. The smallest absolute Gasteiger partial charge is 0.254 e. The van der Waals surface area contributed by atoms with E-state index in [-0.39, 0.29) is 0 Å². The second-order valence-corrected chi connectivity index (χ2v) is 5.68. The first kappa shape index (κ1) is 14.9. The third-order valence-electron chi connectivity index (χ3n) is 2.35. The molecule has 0 saturated carbocycles. The van der Waals surface area contributed by atoms with Crippen LogP contribution >= 0.6 is 45.8 Å². The molecule has 0 aliphatic heterocycles. The van der Waals surface area contributed by atoms with E-state index in [0.717, 1.165) is 12.3 Å². The second kappa shape index (κ2) is 5.46.